The Hall–Kier alpha value is -3.66. The summed E-state index contributed by atoms with van der Waals surface area (Å²) in [5, 5.41) is 23.7. The number of rotatable bonds is 9. The monoisotopic (exact) mass is 539 g/mol. The summed E-state index contributed by atoms with van der Waals surface area (Å²) in [6.07, 6.45) is 2.92. The number of non-ortho nitro benzene ring substituents is 1. The van der Waals surface area contributed by atoms with E-state index in [9.17, 15) is 14.9 Å². The van der Waals surface area contributed by atoms with Crippen molar-refractivity contribution in [2.45, 2.75) is 17.5 Å². The molecule has 0 saturated carbocycles. The Labute approximate surface area is 221 Å². The SMILES string of the molecule is O=C(/C=C/c1ccc([N+](=O)[O-])cc1)NCc1nnc(SCc2ccccc2)n1-c1ccc(Cl)cc1Cl. The van der Waals surface area contributed by atoms with E-state index in [1.54, 1.807) is 41.0 Å². The molecule has 0 bridgehead atoms. The van der Waals surface area contributed by atoms with Crippen molar-refractivity contribution in [2.24, 2.45) is 0 Å². The van der Waals surface area contributed by atoms with Crippen molar-refractivity contribution in [3.05, 3.63) is 116 Å². The second-order valence-corrected chi connectivity index (χ2v) is 9.29. The maximum atomic E-state index is 12.4. The molecule has 0 unspecified atom stereocenters. The fraction of sp³-hybridized carbons (Fsp3) is 0.0800. The van der Waals surface area contributed by atoms with Crippen LogP contribution < -0.4 is 5.32 Å². The minimum absolute atomic E-state index is 0.0160. The summed E-state index contributed by atoms with van der Waals surface area (Å²) in [7, 11) is 0. The fourth-order valence-electron chi connectivity index (χ4n) is 3.24. The van der Waals surface area contributed by atoms with Gasteiger partial charge in [-0.15, -0.1) is 10.2 Å². The highest BCUT2D eigenvalue weighted by Gasteiger charge is 2.17. The predicted molar refractivity (Wildman–Crippen MR) is 141 cm³/mol. The minimum atomic E-state index is -0.476. The molecule has 3 aromatic carbocycles. The number of nitrogens with zero attached hydrogens (tertiary/aromatic N) is 4. The van der Waals surface area contributed by atoms with E-state index in [4.69, 9.17) is 23.2 Å². The van der Waals surface area contributed by atoms with Gasteiger partial charge in [-0.3, -0.25) is 19.5 Å². The number of hydrogen-bond donors (Lipinski definition) is 1. The largest absolute Gasteiger partial charge is 0.345 e. The summed E-state index contributed by atoms with van der Waals surface area (Å²) >= 11 is 14.1. The van der Waals surface area contributed by atoms with Crippen molar-refractivity contribution in [3.8, 4) is 5.69 Å². The number of thioether (sulfide) groups is 1. The maximum Gasteiger partial charge on any atom is 0.269 e. The normalized spacial score (nSPS) is 11.1. The van der Waals surface area contributed by atoms with Crippen LogP contribution in [0.2, 0.25) is 10.0 Å². The number of nitro groups is 1. The Balaban J connectivity index is 1.50. The van der Waals surface area contributed by atoms with E-state index >= 15 is 0 Å². The third-order valence-corrected chi connectivity index (χ3v) is 6.55. The molecule has 0 radical (unpaired) electrons. The van der Waals surface area contributed by atoms with Crippen molar-refractivity contribution < 1.29 is 9.72 Å². The summed E-state index contributed by atoms with van der Waals surface area (Å²) in [5.74, 6) is 0.810. The van der Waals surface area contributed by atoms with E-state index < -0.39 is 4.92 Å². The van der Waals surface area contributed by atoms with E-state index in [0.29, 0.717) is 38.0 Å². The Kier molecular flexibility index (Phi) is 8.37. The van der Waals surface area contributed by atoms with Gasteiger partial charge in [-0.2, -0.15) is 0 Å². The molecule has 0 atom stereocenters. The first-order chi connectivity index (χ1) is 17.4. The summed E-state index contributed by atoms with van der Waals surface area (Å²) < 4.78 is 1.80. The lowest BCUT2D eigenvalue weighted by molar-refractivity contribution is -0.384. The highest BCUT2D eigenvalue weighted by atomic mass is 35.5. The van der Waals surface area contributed by atoms with Crippen LogP contribution >= 0.6 is 35.0 Å². The number of nitrogens with one attached hydrogen (secondary N) is 1. The lowest BCUT2D eigenvalue weighted by Gasteiger charge is -2.12. The highest BCUT2D eigenvalue weighted by Crippen LogP contribution is 2.30. The second kappa shape index (κ2) is 11.9. The van der Waals surface area contributed by atoms with Gasteiger partial charge in [0.25, 0.3) is 5.69 Å². The number of benzene rings is 3. The third kappa shape index (κ3) is 6.51. The molecule has 1 heterocycles. The van der Waals surface area contributed by atoms with E-state index in [2.05, 4.69) is 15.5 Å². The average Bonchev–Trinajstić information content (AvgIpc) is 3.28. The van der Waals surface area contributed by atoms with Crippen molar-refractivity contribution in [1.82, 2.24) is 20.1 Å². The van der Waals surface area contributed by atoms with Crippen molar-refractivity contribution in [3.63, 3.8) is 0 Å². The molecular formula is C25H19Cl2N5O3S. The molecule has 0 saturated heterocycles. The lowest BCUT2D eigenvalue weighted by atomic mass is 10.2. The Morgan fingerprint density at radius 3 is 2.50 bits per heavy atom. The first-order valence-corrected chi connectivity index (χ1v) is 12.4. The molecule has 1 N–H and O–H groups in total. The van der Waals surface area contributed by atoms with Crippen LogP contribution in [0.1, 0.15) is 17.0 Å². The summed E-state index contributed by atoms with van der Waals surface area (Å²) in [6, 6.07) is 21.0. The van der Waals surface area contributed by atoms with Gasteiger partial charge < -0.3 is 5.32 Å². The van der Waals surface area contributed by atoms with Gasteiger partial charge in [-0.05, 0) is 47.5 Å². The highest BCUT2D eigenvalue weighted by molar-refractivity contribution is 7.98. The number of aromatic nitrogens is 3. The van der Waals surface area contributed by atoms with Crippen LogP contribution in [0.25, 0.3) is 11.8 Å². The van der Waals surface area contributed by atoms with E-state index in [0.717, 1.165) is 5.56 Å². The van der Waals surface area contributed by atoms with Crippen LogP contribution in [0.15, 0.2) is 84.0 Å². The van der Waals surface area contributed by atoms with Gasteiger partial charge in [0.2, 0.25) is 5.91 Å². The molecule has 1 amide bonds. The standard InChI is InChI=1S/C25H19Cl2N5O3S/c26-19-9-12-22(21(27)14-19)31-23(29-30-25(31)36-16-18-4-2-1-3-5-18)15-28-24(33)13-8-17-6-10-20(11-7-17)32(34)35/h1-14H,15-16H2,(H,28,33)/b13-8+. The molecule has 11 heteroatoms. The smallest absolute Gasteiger partial charge is 0.269 e. The number of amides is 1. The zero-order chi connectivity index (χ0) is 25.5. The van der Waals surface area contributed by atoms with Crippen molar-refractivity contribution in [2.75, 3.05) is 0 Å². The van der Waals surface area contributed by atoms with Crippen molar-refractivity contribution >= 4 is 52.6 Å². The van der Waals surface area contributed by atoms with Gasteiger partial charge in [0.1, 0.15) is 0 Å². The van der Waals surface area contributed by atoms with Gasteiger partial charge in [-0.25, -0.2) is 0 Å². The van der Waals surface area contributed by atoms with Crippen LogP contribution in [-0.2, 0) is 17.1 Å². The molecule has 0 aliphatic rings. The predicted octanol–water partition coefficient (Wildman–Crippen LogP) is 6.10. The van der Waals surface area contributed by atoms with E-state index in [1.165, 1.54) is 30.0 Å². The maximum absolute atomic E-state index is 12.4. The molecule has 0 aliphatic carbocycles. The number of carbonyl (C=O) groups excluding carboxylic acids is 1. The molecule has 182 valence electrons. The van der Waals surface area contributed by atoms with Gasteiger partial charge in [0, 0.05) is 29.0 Å². The van der Waals surface area contributed by atoms with Crippen molar-refractivity contribution in [1.29, 1.82) is 0 Å². The first-order valence-electron chi connectivity index (χ1n) is 10.7. The number of carbonyl (C=O) groups is 1. The molecular weight excluding hydrogens is 521 g/mol. The Morgan fingerprint density at radius 2 is 1.81 bits per heavy atom. The third-order valence-electron chi connectivity index (χ3n) is 5.01. The van der Waals surface area contributed by atoms with Gasteiger partial charge in [-0.1, -0.05) is 65.3 Å². The summed E-state index contributed by atoms with van der Waals surface area (Å²) in [4.78, 5) is 22.7. The Bertz CT molecular complexity index is 1410. The number of nitro benzene ring substituents is 1. The summed E-state index contributed by atoms with van der Waals surface area (Å²) in [6.45, 7) is 0.0985. The molecule has 0 aliphatic heterocycles. The van der Waals surface area contributed by atoms with Crippen LogP contribution in [-0.4, -0.2) is 25.6 Å². The van der Waals surface area contributed by atoms with E-state index in [-0.39, 0.29) is 18.1 Å². The van der Waals surface area contributed by atoms with Crippen LogP contribution in [0, 0.1) is 10.1 Å². The van der Waals surface area contributed by atoms with Crippen LogP contribution in [0.3, 0.4) is 0 Å². The van der Waals surface area contributed by atoms with Gasteiger partial charge in [0.05, 0.1) is 22.2 Å². The topological polar surface area (TPSA) is 103 Å². The van der Waals surface area contributed by atoms with Crippen LogP contribution in [0.5, 0.6) is 0 Å². The van der Waals surface area contributed by atoms with E-state index in [1.807, 2.05) is 30.3 Å². The molecule has 0 fully saturated rings. The molecule has 0 spiro atoms. The molecule has 4 rings (SSSR count). The van der Waals surface area contributed by atoms with Crippen LogP contribution in [0.4, 0.5) is 5.69 Å². The van der Waals surface area contributed by atoms with Gasteiger partial charge >= 0.3 is 0 Å². The minimum Gasteiger partial charge on any atom is -0.345 e. The average molecular weight is 540 g/mol. The van der Waals surface area contributed by atoms with Gasteiger partial charge in [0.15, 0.2) is 11.0 Å². The second-order valence-electron chi connectivity index (χ2n) is 7.50. The first kappa shape index (κ1) is 25.4. The number of halogens is 2. The molecule has 36 heavy (non-hydrogen) atoms. The fourth-order valence-corrected chi connectivity index (χ4v) is 4.65. The molecule has 8 nitrogen and oxygen atoms in total. The summed E-state index contributed by atoms with van der Waals surface area (Å²) in [5.41, 5.74) is 2.42. The lowest BCUT2D eigenvalue weighted by Crippen LogP contribution is -2.22. The zero-order valence-corrected chi connectivity index (χ0v) is 21.0. The molecule has 1 aromatic heterocycles. The zero-order valence-electron chi connectivity index (χ0n) is 18.7. The Morgan fingerprint density at radius 1 is 1.06 bits per heavy atom. The quantitative estimate of drug-likeness (QED) is 0.119. The molecule has 4 aromatic rings. The number of hydrogen-bond acceptors (Lipinski definition) is 6.